The van der Waals surface area contributed by atoms with Gasteiger partial charge in [-0.05, 0) is 50.1 Å². The van der Waals surface area contributed by atoms with E-state index in [-0.39, 0.29) is 47.6 Å². The van der Waals surface area contributed by atoms with Gasteiger partial charge < -0.3 is 14.8 Å². The van der Waals surface area contributed by atoms with Crippen LogP contribution in [0, 0.1) is 13.8 Å². The third-order valence-corrected chi connectivity index (χ3v) is 8.65. The van der Waals surface area contributed by atoms with Gasteiger partial charge in [0.25, 0.3) is 20.2 Å². The van der Waals surface area contributed by atoms with Gasteiger partial charge in [-0.1, -0.05) is 11.1 Å². The number of hydrogen-bond acceptors (Lipinski definition) is 11. The van der Waals surface area contributed by atoms with E-state index < -0.39 is 36.9 Å². The predicted octanol–water partition coefficient (Wildman–Crippen LogP) is 2.55. The van der Waals surface area contributed by atoms with Crippen molar-refractivity contribution in [1.29, 1.82) is 0 Å². The van der Waals surface area contributed by atoms with E-state index in [1.807, 2.05) is 6.92 Å². The molecule has 2 aromatic rings. The molecule has 0 atom stereocenters. The molecule has 2 aliphatic rings. The number of carbonyl (C=O) groups is 1. The summed E-state index contributed by atoms with van der Waals surface area (Å²) in [5.74, 6) is -1.57. The fourth-order valence-corrected chi connectivity index (χ4v) is 6.19. The van der Waals surface area contributed by atoms with E-state index in [4.69, 9.17) is 13.9 Å². The van der Waals surface area contributed by atoms with Gasteiger partial charge in [-0.15, -0.1) is 4.33 Å². The zero-order valence-electron chi connectivity index (χ0n) is 24.1. The first-order valence-electron chi connectivity index (χ1n) is 13.4. The first kappa shape index (κ1) is 34.3. The fraction of sp³-hybridized carbons (Fsp3) is 0.286. The molecule has 5 N–H and O–H groups in total. The highest BCUT2D eigenvalue weighted by Gasteiger charge is 2.29. The van der Waals surface area contributed by atoms with Gasteiger partial charge in [0.15, 0.2) is 0 Å². The minimum absolute atomic E-state index is 0.118. The highest BCUT2D eigenvalue weighted by molar-refractivity contribution is 7.86. The van der Waals surface area contributed by atoms with Crippen LogP contribution < -0.4 is 15.7 Å². The van der Waals surface area contributed by atoms with Crippen molar-refractivity contribution in [2.24, 2.45) is 0 Å². The number of nitrogens with one attached hydrogen (secondary N) is 2. The normalized spacial score (nSPS) is 12.7. The van der Waals surface area contributed by atoms with E-state index in [0.717, 1.165) is 11.6 Å². The smallest absolute Gasteiger partial charge is 0.336 e. The van der Waals surface area contributed by atoms with Crippen LogP contribution in [0.5, 0.6) is 0 Å². The Morgan fingerprint density at radius 3 is 2.44 bits per heavy atom. The number of benzene rings is 3. The Morgan fingerprint density at radius 2 is 1.78 bits per heavy atom. The number of aromatic carboxylic acids is 1. The Labute approximate surface area is 264 Å². The Morgan fingerprint density at radius 1 is 1.02 bits per heavy atom. The number of rotatable bonds is 14. The first-order chi connectivity index (χ1) is 21.2. The minimum Gasteiger partial charge on any atom is -0.478 e. The van der Waals surface area contributed by atoms with E-state index in [0.29, 0.717) is 40.5 Å². The summed E-state index contributed by atoms with van der Waals surface area (Å²) >= 11 is 3.41. The van der Waals surface area contributed by atoms with E-state index in [1.54, 1.807) is 31.2 Å². The van der Waals surface area contributed by atoms with E-state index in [2.05, 4.69) is 32.6 Å². The summed E-state index contributed by atoms with van der Waals surface area (Å²) in [5, 5.41) is 18.5. The molecule has 0 fully saturated rings. The highest BCUT2D eigenvalue weighted by Crippen LogP contribution is 2.45. The monoisotopic (exact) mass is 683 g/mol. The lowest BCUT2D eigenvalue weighted by Gasteiger charge is -2.20. The van der Waals surface area contributed by atoms with Crippen molar-refractivity contribution in [3.8, 4) is 22.5 Å². The molecule has 45 heavy (non-hydrogen) atoms. The van der Waals surface area contributed by atoms with Crippen molar-refractivity contribution in [1.82, 2.24) is 0 Å². The quantitative estimate of drug-likeness (QED) is 0.0215. The van der Waals surface area contributed by atoms with Gasteiger partial charge in [-0.3, -0.25) is 9.11 Å². The van der Waals surface area contributed by atoms with Crippen LogP contribution in [0.25, 0.3) is 33.4 Å². The summed E-state index contributed by atoms with van der Waals surface area (Å²) in [6.45, 7) is 4.41. The van der Waals surface area contributed by atoms with Crippen molar-refractivity contribution in [3.05, 3.63) is 64.5 Å². The molecular formula is C28H31N2O12S3+. The largest absolute Gasteiger partial charge is 0.478 e. The zero-order chi connectivity index (χ0) is 32.9. The first-order valence-corrected chi connectivity index (χ1v) is 16.8. The summed E-state index contributed by atoms with van der Waals surface area (Å²) in [6.07, 6.45) is 0.636. The van der Waals surface area contributed by atoms with E-state index in [9.17, 15) is 31.3 Å². The van der Waals surface area contributed by atoms with Gasteiger partial charge >= 0.3 is 5.97 Å². The lowest BCUT2D eigenvalue weighted by atomic mass is 9.89. The van der Waals surface area contributed by atoms with E-state index in [1.165, 1.54) is 12.1 Å². The second-order valence-corrected chi connectivity index (χ2v) is 13.2. The maximum absolute atomic E-state index is 12.6. The van der Waals surface area contributed by atoms with Crippen LogP contribution >= 0.6 is 12.9 Å². The molecule has 2 aromatic carbocycles. The second kappa shape index (κ2) is 14.3. The van der Waals surface area contributed by atoms with Gasteiger partial charge in [-0.25, -0.2) is 14.7 Å². The predicted molar refractivity (Wildman–Crippen MR) is 165 cm³/mol. The van der Waals surface area contributed by atoms with Crippen LogP contribution in [0.1, 0.15) is 34.3 Å². The number of anilines is 1. The average molecular weight is 684 g/mol. The van der Waals surface area contributed by atoms with E-state index >= 15 is 0 Å². The average Bonchev–Trinajstić information content (AvgIpc) is 2.95. The summed E-state index contributed by atoms with van der Waals surface area (Å²) in [6, 6.07) is 10.3. The Balaban J connectivity index is 1.99. The standard InChI is InChI=1S/C28H30N2O12S3/c1-16-12-19-23(14-21(16)29-8-4-10-39-41-42-43)40-24-15-22(30-9-5-11-44(33,34)35)17(2)13-20(24)26(19)27-18(28(31)32)6-3-7-25(27)45(36,37)38/h3,6-7,12-15,30,43H,4-5,8-11H2,1-2H3,(H,31,32)(H,33,34,35)(H,36,37,38)/p+1. The molecule has 1 heterocycles. The molecule has 0 amide bonds. The summed E-state index contributed by atoms with van der Waals surface area (Å²) < 4.78 is 77.0. The Kier molecular flexibility index (Phi) is 10.9. The molecule has 242 valence electrons. The second-order valence-electron chi connectivity index (χ2n) is 10.1. The molecule has 0 spiro atoms. The van der Waals surface area contributed by atoms with Gasteiger partial charge in [0, 0.05) is 65.3 Å². The number of carboxylic acid groups (broad SMARTS) is 1. The molecule has 0 saturated heterocycles. The SMILES string of the molecule is Cc1cc2c(-c3c(C(=O)O)cccc3S(=O)(=O)O)c3cc(C)c(=[NH+]CCCOOOS)cc-3oc2cc1NCCCS(=O)(=O)O. The molecule has 0 unspecified atom stereocenters. The number of carboxylic acids is 1. The van der Waals surface area contributed by atoms with Crippen LogP contribution in [-0.2, 0) is 34.5 Å². The maximum atomic E-state index is 12.6. The molecule has 1 aliphatic carbocycles. The summed E-state index contributed by atoms with van der Waals surface area (Å²) in [7, 11) is -9.02. The number of thiol groups is 1. The molecule has 14 nitrogen and oxygen atoms in total. The number of hydrogen-bond donors (Lipinski definition) is 6. The molecule has 0 bridgehead atoms. The van der Waals surface area contributed by atoms with Crippen molar-refractivity contribution in [2.75, 3.05) is 30.8 Å². The third kappa shape index (κ3) is 8.39. The lowest BCUT2D eigenvalue weighted by Crippen LogP contribution is -2.77. The van der Waals surface area contributed by atoms with Crippen molar-refractivity contribution < 1.29 is 59.5 Å². The fourth-order valence-electron chi connectivity index (χ4n) is 4.92. The number of aryl methyl sites for hydroxylation is 2. The van der Waals surface area contributed by atoms with Gasteiger partial charge in [-0.2, -0.15) is 16.8 Å². The van der Waals surface area contributed by atoms with Crippen LogP contribution in [0.15, 0.2) is 51.8 Å². The molecular weight excluding hydrogens is 653 g/mol. The molecule has 1 aliphatic heterocycles. The minimum atomic E-state index is -4.88. The van der Waals surface area contributed by atoms with Gasteiger partial charge in [0.1, 0.15) is 22.8 Å². The Hall–Kier alpha value is -3.55. The summed E-state index contributed by atoms with van der Waals surface area (Å²) in [4.78, 5) is 19.8. The van der Waals surface area contributed by atoms with Crippen LogP contribution in [0.4, 0.5) is 5.69 Å². The third-order valence-electron chi connectivity index (χ3n) is 6.89. The van der Waals surface area contributed by atoms with Gasteiger partial charge in [0.05, 0.1) is 24.0 Å². The molecule has 4 rings (SSSR count). The molecule has 0 aromatic heterocycles. The number of fused-ring (bicyclic) bond motifs is 2. The van der Waals surface area contributed by atoms with Crippen LogP contribution in [0.2, 0.25) is 0 Å². The van der Waals surface area contributed by atoms with Crippen molar-refractivity contribution >= 4 is 55.8 Å². The van der Waals surface area contributed by atoms with Crippen molar-refractivity contribution in [2.45, 2.75) is 31.6 Å². The Bertz CT molecular complexity index is 1990. The van der Waals surface area contributed by atoms with Crippen LogP contribution in [-0.4, -0.2) is 62.5 Å². The molecule has 17 heteroatoms. The molecule has 0 radical (unpaired) electrons. The molecule has 0 saturated carbocycles. The highest BCUT2D eigenvalue weighted by atomic mass is 32.2. The lowest BCUT2D eigenvalue weighted by molar-refractivity contribution is -0.508. The zero-order valence-corrected chi connectivity index (χ0v) is 26.6. The summed E-state index contributed by atoms with van der Waals surface area (Å²) in [5.41, 5.74) is 2.22. The topological polar surface area (TPSA) is 213 Å². The van der Waals surface area contributed by atoms with Crippen LogP contribution in [0.3, 0.4) is 0 Å². The van der Waals surface area contributed by atoms with Gasteiger partial charge in [0.2, 0.25) is 5.36 Å². The maximum Gasteiger partial charge on any atom is 0.336 e. The van der Waals surface area contributed by atoms with Crippen molar-refractivity contribution in [3.63, 3.8) is 0 Å².